The molecular formula is C11H16ClN3O. The molecule has 88 valence electrons. The van der Waals surface area contributed by atoms with E-state index in [-0.39, 0.29) is 11.2 Å². The monoisotopic (exact) mass is 241 g/mol. The zero-order chi connectivity index (χ0) is 11.8. The standard InChI is InChI=1S/C11H16ClN3O/c1-15-10(8(12)6-14-15)9(16)5-11(7-13)3-2-4-11/h6H,2-5,7,13H2,1H3. The lowest BCUT2D eigenvalue weighted by molar-refractivity contribution is 0.0777. The normalized spacial score (nSPS) is 18.2. The number of carbonyl (C=O) groups is 1. The van der Waals surface area contributed by atoms with Gasteiger partial charge in [0, 0.05) is 13.5 Å². The number of hydrogen-bond donors (Lipinski definition) is 1. The van der Waals surface area contributed by atoms with E-state index < -0.39 is 0 Å². The van der Waals surface area contributed by atoms with E-state index in [1.165, 1.54) is 17.3 Å². The molecule has 2 N–H and O–H groups in total. The summed E-state index contributed by atoms with van der Waals surface area (Å²) >= 11 is 5.94. The molecule has 1 heterocycles. The van der Waals surface area contributed by atoms with E-state index in [1.807, 2.05) is 0 Å². The van der Waals surface area contributed by atoms with E-state index in [2.05, 4.69) is 5.10 Å². The molecular weight excluding hydrogens is 226 g/mol. The molecule has 0 aromatic carbocycles. The number of nitrogens with two attached hydrogens (primary N) is 1. The lowest BCUT2D eigenvalue weighted by Gasteiger charge is -2.40. The molecule has 2 rings (SSSR count). The minimum Gasteiger partial charge on any atom is -0.330 e. The maximum atomic E-state index is 12.1. The quantitative estimate of drug-likeness (QED) is 0.818. The molecule has 0 radical (unpaired) electrons. The van der Waals surface area contributed by atoms with Gasteiger partial charge in [-0.3, -0.25) is 9.48 Å². The maximum absolute atomic E-state index is 12.1. The van der Waals surface area contributed by atoms with Crippen LogP contribution < -0.4 is 5.73 Å². The minimum atomic E-state index is 0.0185. The molecule has 0 bridgehead atoms. The second kappa shape index (κ2) is 4.18. The van der Waals surface area contributed by atoms with Gasteiger partial charge >= 0.3 is 0 Å². The fourth-order valence-corrected chi connectivity index (χ4v) is 2.55. The zero-order valence-corrected chi connectivity index (χ0v) is 10.1. The lowest BCUT2D eigenvalue weighted by Crippen LogP contribution is -2.39. The van der Waals surface area contributed by atoms with Gasteiger partial charge in [0.05, 0.1) is 11.2 Å². The minimum absolute atomic E-state index is 0.0185. The third-order valence-electron chi connectivity index (χ3n) is 3.54. The Morgan fingerprint density at radius 3 is 2.75 bits per heavy atom. The summed E-state index contributed by atoms with van der Waals surface area (Å²) in [7, 11) is 1.73. The third-order valence-corrected chi connectivity index (χ3v) is 3.82. The molecule has 4 nitrogen and oxygen atoms in total. The fraction of sp³-hybridized carbons (Fsp3) is 0.636. The fourth-order valence-electron chi connectivity index (χ4n) is 2.28. The Hall–Kier alpha value is -0.870. The van der Waals surface area contributed by atoms with Crippen molar-refractivity contribution in [1.29, 1.82) is 0 Å². The van der Waals surface area contributed by atoms with Crippen molar-refractivity contribution < 1.29 is 4.79 Å². The van der Waals surface area contributed by atoms with E-state index in [4.69, 9.17) is 17.3 Å². The Kier molecular flexibility index (Phi) is 3.04. The molecule has 5 heteroatoms. The first kappa shape index (κ1) is 11.6. The summed E-state index contributed by atoms with van der Waals surface area (Å²) in [6.45, 7) is 0.578. The molecule has 1 aliphatic rings. The first-order valence-electron chi connectivity index (χ1n) is 5.49. The van der Waals surface area contributed by atoms with E-state index in [0.717, 1.165) is 12.8 Å². The Morgan fingerprint density at radius 1 is 1.69 bits per heavy atom. The summed E-state index contributed by atoms with van der Waals surface area (Å²) in [4.78, 5) is 12.1. The number of aryl methyl sites for hydroxylation is 1. The summed E-state index contributed by atoms with van der Waals surface area (Å²) in [6.07, 6.45) is 5.26. The summed E-state index contributed by atoms with van der Waals surface area (Å²) in [5, 5.41) is 4.40. The highest BCUT2D eigenvalue weighted by molar-refractivity contribution is 6.33. The zero-order valence-electron chi connectivity index (χ0n) is 9.37. The van der Waals surface area contributed by atoms with Crippen LogP contribution in [0.1, 0.15) is 36.2 Å². The lowest BCUT2D eigenvalue weighted by atomic mass is 9.66. The van der Waals surface area contributed by atoms with Crippen LogP contribution in [-0.2, 0) is 7.05 Å². The molecule has 0 saturated heterocycles. The largest absolute Gasteiger partial charge is 0.330 e. The number of halogens is 1. The molecule has 1 fully saturated rings. The molecule has 1 aliphatic carbocycles. The van der Waals surface area contributed by atoms with Gasteiger partial charge in [0.15, 0.2) is 5.78 Å². The maximum Gasteiger partial charge on any atom is 0.182 e. The van der Waals surface area contributed by atoms with Crippen molar-refractivity contribution in [1.82, 2.24) is 9.78 Å². The van der Waals surface area contributed by atoms with Gasteiger partial charge in [-0.05, 0) is 24.8 Å². The van der Waals surface area contributed by atoms with Gasteiger partial charge in [-0.1, -0.05) is 18.0 Å². The molecule has 1 saturated carbocycles. The van der Waals surface area contributed by atoms with Crippen molar-refractivity contribution in [3.8, 4) is 0 Å². The highest BCUT2D eigenvalue weighted by Gasteiger charge is 2.38. The van der Waals surface area contributed by atoms with Gasteiger partial charge in [0.1, 0.15) is 5.69 Å². The van der Waals surface area contributed by atoms with Gasteiger partial charge in [0.25, 0.3) is 0 Å². The summed E-state index contributed by atoms with van der Waals surface area (Å²) in [5.41, 5.74) is 6.26. The van der Waals surface area contributed by atoms with E-state index in [1.54, 1.807) is 7.05 Å². The predicted octanol–water partition coefficient (Wildman–Crippen LogP) is 1.78. The SMILES string of the molecule is Cn1ncc(Cl)c1C(=O)CC1(CN)CCC1. The van der Waals surface area contributed by atoms with Crippen molar-refractivity contribution in [2.24, 2.45) is 18.2 Å². The molecule has 0 atom stereocenters. The number of carbonyl (C=O) groups excluding carboxylic acids is 1. The van der Waals surface area contributed by atoms with E-state index in [0.29, 0.717) is 23.7 Å². The smallest absolute Gasteiger partial charge is 0.182 e. The average molecular weight is 242 g/mol. The number of aromatic nitrogens is 2. The Morgan fingerprint density at radius 2 is 2.38 bits per heavy atom. The number of hydrogen-bond acceptors (Lipinski definition) is 3. The molecule has 16 heavy (non-hydrogen) atoms. The number of Topliss-reactive ketones (excluding diaryl/α,β-unsaturated/α-hetero) is 1. The van der Waals surface area contributed by atoms with Crippen LogP contribution in [0.2, 0.25) is 5.02 Å². The van der Waals surface area contributed by atoms with Crippen LogP contribution in [0.25, 0.3) is 0 Å². The topological polar surface area (TPSA) is 60.9 Å². The van der Waals surface area contributed by atoms with Gasteiger partial charge < -0.3 is 5.73 Å². The Balaban J connectivity index is 2.14. The van der Waals surface area contributed by atoms with Gasteiger partial charge in [0.2, 0.25) is 0 Å². The van der Waals surface area contributed by atoms with Gasteiger partial charge in [-0.15, -0.1) is 0 Å². The molecule has 0 aliphatic heterocycles. The second-order valence-corrected chi connectivity index (χ2v) is 5.03. The van der Waals surface area contributed by atoms with Crippen LogP contribution in [-0.4, -0.2) is 22.1 Å². The second-order valence-electron chi connectivity index (χ2n) is 4.62. The molecule has 1 aromatic rings. The molecule has 1 aromatic heterocycles. The van der Waals surface area contributed by atoms with Crippen molar-refractivity contribution in [3.05, 3.63) is 16.9 Å². The van der Waals surface area contributed by atoms with E-state index >= 15 is 0 Å². The molecule has 0 unspecified atom stereocenters. The summed E-state index contributed by atoms with van der Waals surface area (Å²) in [6, 6.07) is 0. The van der Waals surface area contributed by atoms with Crippen molar-refractivity contribution in [2.75, 3.05) is 6.54 Å². The van der Waals surface area contributed by atoms with Crippen LogP contribution in [0.15, 0.2) is 6.20 Å². The van der Waals surface area contributed by atoms with Crippen LogP contribution in [0.4, 0.5) is 0 Å². The Bertz CT molecular complexity index is 384. The molecule has 0 spiro atoms. The van der Waals surface area contributed by atoms with Crippen LogP contribution in [0.5, 0.6) is 0 Å². The summed E-state index contributed by atoms with van der Waals surface area (Å²) < 4.78 is 1.54. The van der Waals surface area contributed by atoms with E-state index in [9.17, 15) is 4.79 Å². The predicted molar refractivity (Wildman–Crippen MR) is 62.5 cm³/mol. The third kappa shape index (κ3) is 1.87. The summed E-state index contributed by atoms with van der Waals surface area (Å²) in [5.74, 6) is 0.0511. The van der Waals surface area contributed by atoms with Gasteiger partial charge in [-0.2, -0.15) is 5.10 Å². The molecule has 0 amide bonds. The average Bonchev–Trinajstić information content (AvgIpc) is 2.52. The van der Waals surface area contributed by atoms with Crippen molar-refractivity contribution in [2.45, 2.75) is 25.7 Å². The van der Waals surface area contributed by atoms with Crippen LogP contribution in [0.3, 0.4) is 0 Å². The first-order valence-corrected chi connectivity index (χ1v) is 5.86. The first-order chi connectivity index (χ1) is 7.58. The van der Waals surface area contributed by atoms with Crippen molar-refractivity contribution >= 4 is 17.4 Å². The van der Waals surface area contributed by atoms with Gasteiger partial charge in [-0.25, -0.2) is 0 Å². The Labute approximate surface area is 99.8 Å². The number of ketones is 1. The van der Waals surface area contributed by atoms with Crippen molar-refractivity contribution in [3.63, 3.8) is 0 Å². The highest BCUT2D eigenvalue weighted by Crippen LogP contribution is 2.43. The van der Waals surface area contributed by atoms with Crippen LogP contribution >= 0.6 is 11.6 Å². The highest BCUT2D eigenvalue weighted by atomic mass is 35.5. The van der Waals surface area contributed by atoms with Crippen LogP contribution in [0, 0.1) is 5.41 Å². The number of nitrogens with zero attached hydrogens (tertiary/aromatic N) is 2. The number of rotatable bonds is 4.